The number of carbonyl (C=O) groups is 1. The first kappa shape index (κ1) is 17.9. The van der Waals surface area contributed by atoms with Crippen molar-refractivity contribution < 1.29 is 17.9 Å². The number of hydrogen-bond acceptors (Lipinski definition) is 5. The molecule has 0 spiro atoms. The molecule has 128 valence electrons. The molecule has 1 aromatic carbocycles. The Kier molecular flexibility index (Phi) is 5.74. The number of morpholine rings is 1. The number of ether oxygens (including phenoxy) is 1. The van der Waals surface area contributed by atoms with E-state index < -0.39 is 10.0 Å². The Morgan fingerprint density at radius 1 is 1.35 bits per heavy atom. The fourth-order valence-electron chi connectivity index (χ4n) is 2.56. The number of rotatable bonds is 5. The lowest BCUT2D eigenvalue weighted by Gasteiger charge is -2.34. The summed E-state index contributed by atoms with van der Waals surface area (Å²) in [5.74, 6) is -0.337. The third-order valence-corrected chi connectivity index (χ3v) is 5.38. The van der Waals surface area contributed by atoms with E-state index >= 15 is 0 Å². The first-order valence-corrected chi connectivity index (χ1v) is 9.02. The predicted molar refractivity (Wildman–Crippen MR) is 86.6 cm³/mol. The summed E-state index contributed by atoms with van der Waals surface area (Å²) in [6.07, 6.45) is -0.325. The lowest BCUT2D eigenvalue weighted by Crippen LogP contribution is -2.48. The molecular weight excluding hydrogens is 318 g/mol. The van der Waals surface area contributed by atoms with Crippen molar-refractivity contribution in [3.63, 3.8) is 0 Å². The molecule has 1 aliphatic heterocycles. The number of sulfonamides is 1. The van der Waals surface area contributed by atoms with E-state index in [2.05, 4.69) is 5.32 Å². The summed E-state index contributed by atoms with van der Waals surface area (Å²) in [7, 11) is -3.66. The standard InChI is InChI=1S/C15H23N3O4S/c1-11-9-18(10-12(2)22-11)23(20,21)14-5-3-4-13(8-14)15(19)17-7-6-16/h3-5,8,11-12H,6-7,9-10,16H2,1-2H3,(H,17,19). The average molecular weight is 341 g/mol. The second kappa shape index (κ2) is 7.39. The topological polar surface area (TPSA) is 102 Å². The Morgan fingerprint density at radius 2 is 2.00 bits per heavy atom. The number of carbonyl (C=O) groups excluding carboxylic acids is 1. The summed E-state index contributed by atoms with van der Waals surface area (Å²) in [5.41, 5.74) is 5.65. The van der Waals surface area contributed by atoms with Crippen molar-refractivity contribution in [3.05, 3.63) is 29.8 Å². The zero-order valence-electron chi connectivity index (χ0n) is 13.4. The smallest absolute Gasteiger partial charge is 0.251 e. The summed E-state index contributed by atoms with van der Waals surface area (Å²) in [6.45, 7) is 4.96. The molecule has 0 saturated carbocycles. The third kappa shape index (κ3) is 4.29. The van der Waals surface area contributed by atoms with Crippen molar-refractivity contribution in [1.29, 1.82) is 0 Å². The zero-order chi connectivity index (χ0) is 17.0. The van der Waals surface area contributed by atoms with Gasteiger partial charge in [-0.25, -0.2) is 8.42 Å². The Hall–Kier alpha value is -1.48. The van der Waals surface area contributed by atoms with Crippen molar-refractivity contribution >= 4 is 15.9 Å². The minimum atomic E-state index is -3.66. The lowest BCUT2D eigenvalue weighted by molar-refractivity contribution is -0.0440. The van der Waals surface area contributed by atoms with Gasteiger partial charge in [0.2, 0.25) is 10.0 Å². The maximum atomic E-state index is 12.8. The molecule has 23 heavy (non-hydrogen) atoms. The molecule has 1 heterocycles. The van der Waals surface area contributed by atoms with Gasteiger partial charge >= 0.3 is 0 Å². The summed E-state index contributed by atoms with van der Waals surface area (Å²) in [6, 6.07) is 6.04. The van der Waals surface area contributed by atoms with Crippen LogP contribution in [-0.4, -0.2) is 57.0 Å². The van der Waals surface area contributed by atoms with E-state index in [9.17, 15) is 13.2 Å². The first-order valence-electron chi connectivity index (χ1n) is 7.58. The van der Waals surface area contributed by atoms with Crippen LogP contribution in [0.2, 0.25) is 0 Å². The van der Waals surface area contributed by atoms with Crippen LogP contribution in [0.4, 0.5) is 0 Å². The highest BCUT2D eigenvalue weighted by molar-refractivity contribution is 7.89. The molecule has 0 radical (unpaired) electrons. The lowest BCUT2D eigenvalue weighted by atomic mass is 10.2. The highest BCUT2D eigenvalue weighted by Gasteiger charge is 2.32. The van der Waals surface area contributed by atoms with Crippen LogP contribution < -0.4 is 11.1 Å². The van der Waals surface area contributed by atoms with Gasteiger partial charge in [-0.3, -0.25) is 4.79 Å². The molecule has 2 unspecified atom stereocenters. The fraction of sp³-hybridized carbons (Fsp3) is 0.533. The quantitative estimate of drug-likeness (QED) is 0.795. The van der Waals surface area contributed by atoms with Gasteiger partial charge in [-0.05, 0) is 32.0 Å². The van der Waals surface area contributed by atoms with E-state index in [0.717, 1.165) is 0 Å². The van der Waals surface area contributed by atoms with Gasteiger partial charge in [0.05, 0.1) is 17.1 Å². The van der Waals surface area contributed by atoms with E-state index in [-0.39, 0.29) is 23.0 Å². The Morgan fingerprint density at radius 3 is 2.61 bits per heavy atom. The van der Waals surface area contributed by atoms with Crippen LogP contribution in [0, 0.1) is 0 Å². The largest absolute Gasteiger partial charge is 0.373 e. The second-order valence-electron chi connectivity index (χ2n) is 5.65. The third-order valence-electron chi connectivity index (χ3n) is 3.55. The number of amides is 1. The van der Waals surface area contributed by atoms with Gasteiger partial charge in [-0.1, -0.05) is 6.07 Å². The molecule has 1 aliphatic rings. The SMILES string of the molecule is CC1CN(S(=O)(=O)c2cccc(C(=O)NCCN)c2)CC(C)O1. The van der Waals surface area contributed by atoms with Crippen LogP contribution in [0.15, 0.2) is 29.2 Å². The minimum Gasteiger partial charge on any atom is -0.373 e. The molecule has 7 nitrogen and oxygen atoms in total. The van der Waals surface area contributed by atoms with Gasteiger partial charge in [0.15, 0.2) is 0 Å². The van der Waals surface area contributed by atoms with Crippen molar-refractivity contribution in [2.24, 2.45) is 5.73 Å². The van der Waals surface area contributed by atoms with Crippen molar-refractivity contribution in [3.8, 4) is 0 Å². The zero-order valence-corrected chi connectivity index (χ0v) is 14.2. The van der Waals surface area contributed by atoms with E-state index in [4.69, 9.17) is 10.5 Å². The van der Waals surface area contributed by atoms with Crippen LogP contribution in [0.1, 0.15) is 24.2 Å². The van der Waals surface area contributed by atoms with Crippen molar-refractivity contribution in [1.82, 2.24) is 9.62 Å². The summed E-state index contributed by atoms with van der Waals surface area (Å²) in [5, 5.41) is 2.63. The van der Waals surface area contributed by atoms with Crippen LogP contribution in [0.25, 0.3) is 0 Å². The van der Waals surface area contributed by atoms with E-state index in [1.807, 2.05) is 13.8 Å². The molecule has 1 saturated heterocycles. The number of nitrogens with two attached hydrogens (primary N) is 1. The Balaban J connectivity index is 2.24. The van der Waals surface area contributed by atoms with Gasteiger partial charge in [0.25, 0.3) is 5.91 Å². The monoisotopic (exact) mass is 341 g/mol. The summed E-state index contributed by atoms with van der Waals surface area (Å²) < 4.78 is 32.5. The number of hydrogen-bond donors (Lipinski definition) is 2. The molecule has 1 fully saturated rings. The van der Waals surface area contributed by atoms with Gasteiger partial charge < -0.3 is 15.8 Å². The van der Waals surface area contributed by atoms with E-state index in [1.165, 1.54) is 16.4 Å². The predicted octanol–water partition coefficient (Wildman–Crippen LogP) is 0.173. The minimum absolute atomic E-state index is 0.110. The number of nitrogens with zero attached hydrogens (tertiary/aromatic N) is 1. The van der Waals surface area contributed by atoms with Crippen molar-refractivity contribution in [2.75, 3.05) is 26.2 Å². The Bertz CT molecular complexity index is 652. The summed E-state index contributed by atoms with van der Waals surface area (Å²) in [4.78, 5) is 12.1. The normalized spacial score (nSPS) is 22.7. The molecule has 1 aromatic rings. The molecule has 3 N–H and O–H groups in total. The molecule has 2 atom stereocenters. The molecule has 8 heteroatoms. The Labute approximate surface area is 136 Å². The average Bonchev–Trinajstić information content (AvgIpc) is 2.51. The molecule has 0 aromatic heterocycles. The van der Waals surface area contributed by atoms with Crippen LogP contribution in [0.3, 0.4) is 0 Å². The maximum Gasteiger partial charge on any atom is 0.251 e. The second-order valence-corrected chi connectivity index (χ2v) is 7.59. The van der Waals surface area contributed by atoms with Crippen LogP contribution in [-0.2, 0) is 14.8 Å². The molecule has 2 rings (SSSR count). The number of nitrogens with one attached hydrogen (secondary N) is 1. The van der Waals surface area contributed by atoms with Gasteiger partial charge in [0, 0.05) is 31.7 Å². The van der Waals surface area contributed by atoms with Crippen LogP contribution >= 0.6 is 0 Å². The van der Waals surface area contributed by atoms with Gasteiger partial charge in [0.1, 0.15) is 0 Å². The molecule has 0 aliphatic carbocycles. The van der Waals surface area contributed by atoms with Crippen LogP contribution in [0.5, 0.6) is 0 Å². The summed E-state index contributed by atoms with van der Waals surface area (Å²) >= 11 is 0. The fourth-order valence-corrected chi connectivity index (χ4v) is 4.20. The highest BCUT2D eigenvalue weighted by Crippen LogP contribution is 2.21. The maximum absolute atomic E-state index is 12.8. The van der Waals surface area contributed by atoms with Gasteiger partial charge in [-0.15, -0.1) is 0 Å². The van der Waals surface area contributed by atoms with E-state index in [1.54, 1.807) is 12.1 Å². The molecule has 1 amide bonds. The molecular formula is C15H23N3O4S. The first-order chi connectivity index (χ1) is 10.8. The highest BCUT2D eigenvalue weighted by atomic mass is 32.2. The van der Waals surface area contributed by atoms with Crippen molar-refractivity contribution in [2.45, 2.75) is 31.0 Å². The van der Waals surface area contributed by atoms with Gasteiger partial charge in [-0.2, -0.15) is 4.31 Å². The van der Waals surface area contributed by atoms with E-state index in [0.29, 0.717) is 31.7 Å². The molecule has 0 bridgehead atoms. The number of benzene rings is 1.